The first-order chi connectivity index (χ1) is 20.6. The second-order valence-electron chi connectivity index (χ2n) is 10.0. The van der Waals surface area contributed by atoms with Gasteiger partial charge in [-0.2, -0.15) is 0 Å². The molecule has 0 spiro atoms. The number of hydrogen-bond donors (Lipinski definition) is 2. The van der Waals surface area contributed by atoms with Crippen LogP contribution in [0.1, 0.15) is 27.0 Å². The van der Waals surface area contributed by atoms with E-state index in [4.69, 9.17) is 19.5 Å². The summed E-state index contributed by atoms with van der Waals surface area (Å²) in [6.45, 7) is 4.64. The second kappa shape index (κ2) is 12.5. The zero-order valence-corrected chi connectivity index (χ0v) is 23.3. The highest BCUT2D eigenvalue weighted by Gasteiger charge is 2.24. The number of hydrogen-bond acceptors (Lipinski definition) is 8. The van der Waals surface area contributed by atoms with Crippen molar-refractivity contribution in [2.75, 3.05) is 51.8 Å². The van der Waals surface area contributed by atoms with Crippen molar-refractivity contribution in [1.82, 2.24) is 20.2 Å². The summed E-state index contributed by atoms with van der Waals surface area (Å²) < 4.78 is 25.8. The summed E-state index contributed by atoms with van der Waals surface area (Å²) in [5.74, 6) is 0.512. The van der Waals surface area contributed by atoms with Gasteiger partial charge in [-0.1, -0.05) is 24.3 Å². The Bertz CT molecular complexity index is 1640. The second-order valence-corrected chi connectivity index (χ2v) is 10.0. The Morgan fingerprint density at radius 3 is 2.71 bits per heavy atom. The molecule has 0 atom stereocenters. The number of aromatic nitrogens is 2. The third kappa shape index (κ3) is 6.00. The van der Waals surface area contributed by atoms with E-state index in [2.05, 4.69) is 20.5 Å². The number of methoxy groups -OCH3 is 1. The van der Waals surface area contributed by atoms with Crippen LogP contribution in [0.4, 0.5) is 16.0 Å². The number of halogens is 1. The third-order valence-corrected chi connectivity index (χ3v) is 7.34. The molecule has 0 saturated carbocycles. The molecule has 9 nitrogen and oxygen atoms in total. The summed E-state index contributed by atoms with van der Waals surface area (Å²) >= 11 is 0. The SMILES string of the molecule is COc1cccc(Nc2ncc3c(n2)-c2ccc(C(=O)NCCN4CCOCC4)cc2C(c2ccccc2F)=NC3)c1. The van der Waals surface area contributed by atoms with E-state index in [9.17, 15) is 4.79 Å². The number of nitrogens with zero attached hydrogens (tertiary/aromatic N) is 4. The minimum Gasteiger partial charge on any atom is -0.497 e. The Labute approximate surface area is 243 Å². The molecular weight excluding hydrogens is 535 g/mol. The number of fused-ring (bicyclic) bond motifs is 3. The van der Waals surface area contributed by atoms with Gasteiger partial charge < -0.3 is 20.1 Å². The Morgan fingerprint density at radius 1 is 1.02 bits per heavy atom. The molecule has 2 aliphatic heterocycles. The number of morpholine rings is 1. The van der Waals surface area contributed by atoms with Crippen LogP contribution in [0.3, 0.4) is 0 Å². The standard InChI is InChI=1S/C32H31FN6O3/c1-41-24-6-4-5-23(18-24)37-32-36-20-22-19-35-30(26-7-2-3-8-28(26)33)27-17-21(9-10-25(27)29(22)38-32)31(40)34-11-12-39-13-15-42-16-14-39/h2-10,17-18,20H,11-16,19H2,1H3,(H,34,40)(H,36,37,38). The molecule has 214 valence electrons. The van der Waals surface area contributed by atoms with Crippen molar-refractivity contribution in [1.29, 1.82) is 0 Å². The fourth-order valence-electron chi connectivity index (χ4n) is 5.12. The zero-order valence-electron chi connectivity index (χ0n) is 23.3. The summed E-state index contributed by atoms with van der Waals surface area (Å²) in [5, 5.41) is 6.25. The van der Waals surface area contributed by atoms with Gasteiger partial charge in [0.05, 0.1) is 38.3 Å². The van der Waals surface area contributed by atoms with Crippen molar-refractivity contribution in [3.05, 3.63) is 101 Å². The molecule has 0 radical (unpaired) electrons. The highest BCUT2D eigenvalue weighted by atomic mass is 19.1. The minimum absolute atomic E-state index is 0.202. The highest BCUT2D eigenvalue weighted by molar-refractivity contribution is 6.17. The van der Waals surface area contributed by atoms with Crippen LogP contribution in [0.2, 0.25) is 0 Å². The van der Waals surface area contributed by atoms with Crippen LogP contribution in [0.25, 0.3) is 11.3 Å². The maximum absolute atomic E-state index is 15.1. The first-order valence-electron chi connectivity index (χ1n) is 13.9. The molecule has 3 heterocycles. The van der Waals surface area contributed by atoms with Crippen molar-refractivity contribution < 1.29 is 18.7 Å². The molecule has 2 aliphatic rings. The number of benzene rings is 3. The van der Waals surface area contributed by atoms with Crippen LogP contribution in [-0.4, -0.2) is 73.0 Å². The van der Waals surface area contributed by atoms with Gasteiger partial charge in [-0.25, -0.2) is 14.4 Å². The van der Waals surface area contributed by atoms with Gasteiger partial charge in [-0.05, 0) is 36.4 Å². The van der Waals surface area contributed by atoms with Crippen molar-refractivity contribution in [3.63, 3.8) is 0 Å². The molecule has 42 heavy (non-hydrogen) atoms. The molecular formula is C32H31FN6O3. The Balaban J connectivity index is 1.34. The average Bonchev–Trinajstić information content (AvgIpc) is 3.18. The van der Waals surface area contributed by atoms with E-state index in [0.29, 0.717) is 59.6 Å². The number of anilines is 2. The normalized spacial score (nSPS) is 14.7. The quantitative estimate of drug-likeness (QED) is 0.325. The van der Waals surface area contributed by atoms with Crippen molar-refractivity contribution >= 4 is 23.3 Å². The van der Waals surface area contributed by atoms with E-state index >= 15 is 4.39 Å². The van der Waals surface area contributed by atoms with E-state index < -0.39 is 0 Å². The van der Waals surface area contributed by atoms with Crippen LogP contribution in [0, 0.1) is 5.82 Å². The number of nitrogens with one attached hydrogen (secondary N) is 2. The van der Waals surface area contributed by atoms with Gasteiger partial charge in [0.1, 0.15) is 11.6 Å². The molecule has 1 fully saturated rings. The maximum Gasteiger partial charge on any atom is 0.251 e. The van der Waals surface area contributed by atoms with E-state index in [1.807, 2.05) is 30.3 Å². The molecule has 1 aromatic heterocycles. The molecule has 3 aromatic carbocycles. The summed E-state index contributed by atoms with van der Waals surface area (Å²) in [7, 11) is 1.61. The predicted octanol–water partition coefficient (Wildman–Crippen LogP) is 4.45. The van der Waals surface area contributed by atoms with Gasteiger partial charge in [0, 0.05) is 71.9 Å². The number of rotatable bonds is 8. The van der Waals surface area contributed by atoms with Crippen LogP contribution in [0.5, 0.6) is 5.75 Å². The molecule has 4 aromatic rings. The summed E-state index contributed by atoms with van der Waals surface area (Å²) in [6.07, 6.45) is 1.73. The Hall–Kier alpha value is -4.67. The van der Waals surface area contributed by atoms with Gasteiger partial charge in [0.15, 0.2) is 0 Å². The first kappa shape index (κ1) is 27.5. The number of carbonyl (C=O) groups is 1. The molecule has 10 heteroatoms. The maximum atomic E-state index is 15.1. The van der Waals surface area contributed by atoms with Crippen molar-refractivity contribution in [3.8, 4) is 17.0 Å². The van der Waals surface area contributed by atoms with Crippen LogP contribution in [-0.2, 0) is 11.3 Å². The summed E-state index contributed by atoms with van der Waals surface area (Å²) in [4.78, 5) is 29.6. The summed E-state index contributed by atoms with van der Waals surface area (Å²) in [6, 6.07) is 19.4. The van der Waals surface area contributed by atoms with E-state index in [1.54, 1.807) is 43.6 Å². The Morgan fingerprint density at radius 2 is 1.88 bits per heavy atom. The average molecular weight is 567 g/mol. The fourth-order valence-corrected chi connectivity index (χ4v) is 5.12. The number of aliphatic imine (C=N–C) groups is 1. The predicted molar refractivity (Wildman–Crippen MR) is 159 cm³/mol. The molecule has 6 rings (SSSR count). The molecule has 0 aliphatic carbocycles. The molecule has 1 amide bonds. The van der Waals surface area contributed by atoms with Crippen molar-refractivity contribution in [2.45, 2.75) is 6.54 Å². The van der Waals surface area contributed by atoms with Crippen LogP contribution < -0.4 is 15.4 Å². The van der Waals surface area contributed by atoms with Gasteiger partial charge in [0.2, 0.25) is 5.95 Å². The van der Waals surface area contributed by atoms with Gasteiger partial charge >= 0.3 is 0 Å². The lowest BCUT2D eigenvalue weighted by molar-refractivity contribution is 0.0383. The molecule has 0 bridgehead atoms. The smallest absolute Gasteiger partial charge is 0.251 e. The Kier molecular flexibility index (Phi) is 8.16. The number of carbonyl (C=O) groups excluding carboxylic acids is 1. The lowest BCUT2D eigenvalue weighted by Gasteiger charge is -2.26. The van der Waals surface area contributed by atoms with E-state index in [1.165, 1.54) is 6.07 Å². The number of amides is 1. The zero-order chi connectivity index (χ0) is 28.9. The molecule has 0 unspecified atom stereocenters. The first-order valence-corrected chi connectivity index (χ1v) is 13.9. The lowest BCUT2D eigenvalue weighted by Crippen LogP contribution is -2.41. The monoisotopic (exact) mass is 566 g/mol. The highest BCUT2D eigenvalue weighted by Crippen LogP contribution is 2.33. The summed E-state index contributed by atoms with van der Waals surface area (Å²) in [5.41, 5.74) is 4.89. The topological polar surface area (TPSA) is 101 Å². The lowest BCUT2D eigenvalue weighted by atomic mass is 9.93. The van der Waals surface area contributed by atoms with Gasteiger partial charge in [-0.15, -0.1) is 0 Å². The van der Waals surface area contributed by atoms with Crippen molar-refractivity contribution in [2.24, 2.45) is 4.99 Å². The van der Waals surface area contributed by atoms with Gasteiger partial charge in [0.25, 0.3) is 5.91 Å². The number of ether oxygens (including phenoxy) is 2. The van der Waals surface area contributed by atoms with E-state index in [-0.39, 0.29) is 18.3 Å². The van der Waals surface area contributed by atoms with E-state index in [0.717, 1.165) is 36.4 Å². The molecule has 1 saturated heterocycles. The van der Waals surface area contributed by atoms with Gasteiger partial charge in [-0.3, -0.25) is 14.7 Å². The van der Waals surface area contributed by atoms with Crippen LogP contribution in [0.15, 0.2) is 77.9 Å². The fraction of sp³-hybridized carbons (Fsp3) is 0.250. The van der Waals surface area contributed by atoms with Crippen LogP contribution >= 0.6 is 0 Å². The largest absolute Gasteiger partial charge is 0.497 e. The minimum atomic E-state index is -0.389. The molecule has 2 N–H and O–H groups in total. The third-order valence-electron chi connectivity index (χ3n) is 7.34.